The molecule has 0 saturated heterocycles. The second kappa shape index (κ2) is 5.39. The van der Waals surface area contributed by atoms with Crippen LogP contribution in [0.4, 0.5) is 5.69 Å². The molecule has 0 amide bonds. The first-order valence-electron chi connectivity index (χ1n) is 5.87. The Labute approximate surface area is 102 Å². The van der Waals surface area contributed by atoms with Gasteiger partial charge in [0, 0.05) is 7.05 Å². The van der Waals surface area contributed by atoms with Gasteiger partial charge in [-0.05, 0) is 30.2 Å². The highest BCUT2D eigenvalue weighted by molar-refractivity contribution is 5.57. The van der Waals surface area contributed by atoms with Gasteiger partial charge in [-0.1, -0.05) is 37.3 Å². The summed E-state index contributed by atoms with van der Waals surface area (Å²) in [6, 6.07) is 16.1. The highest BCUT2D eigenvalue weighted by Gasteiger charge is 2.05. The molecule has 0 aliphatic heterocycles. The molecule has 2 rings (SSSR count). The lowest BCUT2D eigenvalue weighted by atomic mass is 10.1. The Balaban J connectivity index is 2.31. The van der Waals surface area contributed by atoms with E-state index in [1.807, 2.05) is 49.5 Å². The van der Waals surface area contributed by atoms with Crippen LogP contribution < -0.4 is 10.1 Å². The molecular weight excluding hydrogens is 210 g/mol. The summed E-state index contributed by atoms with van der Waals surface area (Å²) in [5.41, 5.74) is 2.22. The van der Waals surface area contributed by atoms with Gasteiger partial charge in [0.25, 0.3) is 0 Å². The molecule has 0 bridgehead atoms. The van der Waals surface area contributed by atoms with E-state index >= 15 is 0 Å². The van der Waals surface area contributed by atoms with Crippen LogP contribution in [0, 0.1) is 0 Å². The van der Waals surface area contributed by atoms with E-state index in [2.05, 4.69) is 18.3 Å². The van der Waals surface area contributed by atoms with Crippen molar-refractivity contribution in [2.24, 2.45) is 0 Å². The summed E-state index contributed by atoms with van der Waals surface area (Å²) >= 11 is 0. The average Bonchev–Trinajstić information content (AvgIpc) is 2.40. The van der Waals surface area contributed by atoms with E-state index < -0.39 is 0 Å². The predicted octanol–water partition coefficient (Wildman–Crippen LogP) is 4.08. The van der Waals surface area contributed by atoms with E-state index in [1.165, 1.54) is 5.56 Å². The number of hydrogen-bond acceptors (Lipinski definition) is 2. The fourth-order valence-electron chi connectivity index (χ4n) is 1.78. The van der Waals surface area contributed by atoms with Crippen LogP contribution in [0.15, 0.2) is 48.5 Å². The molecule has 17 heavy (non-hydrogen) atoms. The first-order valence-corrected chi connectivity index (χ1v) is 5.87. The molecule has 88 valence electrons. The number of benzene rings is 2. The lowest BCUT2D eigenvalue weighted by Gasteiger charge is -2.13. The fourth-order valence-corrected chi connectivity index (χ4v) is 1.78. The summed E-state index contributed by atoms with van der Waals surface area (Å²) in [6.45, 7) is 2.13. The summed E-state index contributed by atoms with van der Waals surface area (Å²) < 4.78 is 5.96. The van der Waals surface area contributed by atoms with Crippen LogP contribution in [0.1, 0.15) is 12.5 Å². The van der Waals surface area contributed by atoms with Crippen molar-refractivity contribution in [3.8, 4) is 11.5 Å². The summed E-state index contributed by atoms with van der Waals surface area (Å²) in [4.78, 5) is 0. The number of ether oxygens (including phenoxy) is 1. The average molecular weight is 227 g/mol. The quantitative estimate of drug-likeness (QED) is 0.849. The van der Waals surface area contributed by atoms with Crippen molar-refractivity contribution in [3.63, 3.8) is 0 Å². The number of aryl methyl sites for hydroxylation is 1. The zero-order valence-corrected chi connectivity index (χ0v) is 10.2. The summed E-state index contributed by atoms with van der Waals surface area (Å²) in [6.07, 6.45) is 0.970. The van der Waals surface area contributed by atoms with E-state index in [0.717, 1.165) is 23.6 Å². The van der Waals surface area contributed by atoms with Crippen molar-refractivity contribution in [3.05, 3.63) is 54.1 Å². The standard InChI is InChI=1S/C15H17NO/c1-3-12-8-4-6-10-14(12)17-15-11-7-5-9-13(15)16-2/h4-11,16H,3H2,1-2H3. The van der Waals surface area contributed by atoms with Crippen molar-refractivity contribution in [2.45, 2.75) is 13.3 Å². The molecule has 0 aliphatic rings. The van der Waals surface area contributed by atoms with Gasteiger partial charge in [0.15, 0.2) is 5.75 Å². The van der Waals surface area contributed by atoms with Gasteiger partial charge in [0.1, 0.15) is 5.75 Å². The Kier molecular flexibility index (Phi) is 3.66. The van der Waals surface area contributed by atoms with Gasteiger partial charge in [-0.2, -0.15) is 0 Å². The van der Waals surface area contributed by atoms with E-state index in [1.54, 1.807) is 0 Å². The second-order valence-corrected chi connectivity index (χ2v) is 3.81. The van der Waals surface area contributed by atoms with Crippen LogP contribution in [0.2, 0.25) is 0 Å². The highest BCUT2D eigenvalue weighted by Crippen LogP contribution is 2.30. The van der Waals surface area contributed by atoms with Crippen LogP contribution >= 0.6 is 0 Å². The third-order valence-electron chi connectivity index (χ3n) is 2.73. The first-order chi connectivity index (χ1) is 8.35. The smallest absolute Gasteiger partial charge is 0.150 e. The van der Waals surface area contributed by atoms with Gasteiger partial charge in [0.2, 0.25) is 0 Å². The molecule has 1 N–H and O–H groups in total. The molecule has 2 heteroatoms. The number of anilines is 1. The topological polar surface area (TPSA) is 21.3 Å². The van der Waals surface area contributed by atoms with Gasteiger partial charge < -0.3 is 10.1 Å². The number of para-hydroxylation sites is 3. The fraction of sp³-hybridized carbons (Fsp3) is 0.200. The second-order valence-electron chi connectivity index (χ2n) is 3.81. The molecule has 0 fully saturated rings. The molecule has 0 unspecified atom stereocenters. The molecule has 0 radical (unpaired) electrons. The molecule has 0 saturated carbocycles. The number of nitrogens with one attached hydrogen (secondary N) is 1. The molecular formula is C15H17NO. The Hall–Kier alpha value is -1.96. The Morgan fingerprint density at radius 2 is 1.59 bits per heavy atom. The van der Waals surface area contributed by atoms with Crippen LogP contribution in [-0.2, 0) is 6.42 Å². The summed E-state index contributed by atoms with van der Waals surface area (Å²) in [7, 11) is 1.90. The maximum atomic E-state index is 5.96. The molecule has 0 heterocycles. The van der Waals surface area contributed by atoms with Crippen molar-refractivity contribution in [1.29, 1.82) is 0 Å². The van der Waals surface area contributed by atoms with Crippen molar-refractivity contribution in [2.75, 3.05) is 12.4 Å². The maximum absolute atomic E-state index is 5.96. The Morgan fingerprint density at radius 3 is 2.29 bits per heavy atom. The van der Waals surface area contributed by atoms with Crippen LogP contribution in [-0.4, -0.2) is 7.05 Å². The Morgan fingerprint density at radius 1 is 0.941 bits per heavy atom. The molecule has 0 aliphatic carbocycles. The third-order valence-corrected chi connectivity index (χ3v) is 2.73. The van der Waals surface area contributed by atoms with Gasteiger partial charge >= 0.3 is 0 Å². The molecule has 2 aromatic carbocycles. The minimum Gasteiger partial charge on any atom is -0.455 e. The van der Waals surface area contributed by atoms with Gasteiger partial charge in [-0.3, -0.25) is 0 Å². The summed E-state index contributed by atoms with van der Waals surface area (Å²) in [5.74, 6) is 1.79. The normalized spacial score (nSPS) is 10.0. The molecule has 0 spiro atoms. The molecule has 0 atom stereocenters. The maximum Gasteiger partial charge on any atom is 0.150 e. The SMILES string of the molecule is CCc1ccccc1Oc1ccccc1NC. The van der Waals surface area contributed by atoms with Gasteiger partial charge in [-0.15, -0.1) is 0 Å². The lowest BCUT2D eigenvalue weighted by Crippen LogP contribution is -1.94. The van der Waals surface area contributed by atoms with Crippen molar-refractivity contribution < 1.29 is 4.74 Å². The molecule has 2 aromatic rings. The predicted molar refractivity (Wildman–Crippen MR) is 71.9 cm³/mol. The number of hydrogen-bond donors (Lipinski definition) is 1. The van der Waals surface area contributed by atoms with Crippen LogP contribution in [0.5, 0.6) is 11.5 Å². The zero-order chi connectivity index (χ0) is 12.1. The molecule has 2 nitrogen and oxygen atoms in total. The van der Waals surface area contributed by atoms with Crippen molar-refractivity contribution >= 4 is 5.69 Å². The van der Waals surface area contributed by atoms with Crippen LogP contribution in [0.3, 0.4) is 0 Å². The van der Waals surface area contributed by atoms with Gasteiger partial charge in [-0.25, -0.2) is 0 Å². The minimum atomic E-state index is 0.857. The highest BCUT2D eigenvalue weighted by atomic mass is 16.5. The largest absolute Gasteiger partial charge is 0.455 e. The summed E-state index contributed by atoms with van der Waals surface area (Å²) in [5, 5.41) is 3.13. The first kappa shape index (κ1) is 11.5. The molecule has 0 aromatic heterocycles. The van der Waals surface area contributed by atoms with E-state index in [9.17, 15) is 0 Å². The van der Waals surface area contributed by atoms with Crippen LogP contribution in [0.25, 0.3) is 0 Å². The van der Waals surface area contributed by atoms with E-state index in [4.69, 9.17) is 4.74 Å². The zero-order valence-electron chi connectivity index (χ0n) is 10.2. The van der Waals surface area contributed by atoms with E-state index in [0.29, 0.717) is 0 Å². The van der Waals surface area contributed by atoms with Gasteiger partial charge in [0.05, 0.1) is 5.69 Å². The lowest BCUT2D eigenvalue weighted by molar-refractivity contribution is 0.479. The van der Waals surface area contributed by atoms with E-state index in [-0.39, 0.29) is 0 Å². The monoisotopic (exact) mass is 227 g/mol. The Bertz CT molecular complexity index is 448. The minimum absolute atomic E-state index is 0.857. The number of rotatable bonds is 4. The van der Waals surface area contributed by atoms with Crippen molar-refractivity contribution in [1.82, 2.24) is 0 Å². The third kappa shape index (κ3) is 2.59.